The van der Waals surface area contributed by atoms with Crippen molar-refractivity contribution in [3.63, 3.8) is 0 Å². The van der Waals surface area contributed by atoms with Gasteiger partial charge in [0.1, 0.15) is 5.75 Å². The van der Waals surface area contributed by atoms with Crippen molar-refractivity contribution in [2.75, 3.05) is 13.7 Å². The zero-order chi connectivity index (χ0) is 18.8. The maximum absolute atomic E-state index is 12.8. The molecule has 0 saturated heterocycles. The monoisotopic (exact) mass is 362 g/mol. The highest BCUT2D eigenvalue weighted by molar-refractivity contribution is 5.95. The van der Waals surface area contributed by atoms with E-state index >= 15 is 0 Å². The van der Waals surface area contributed by atoms with E-state index in [0.717, 1.165) is 42.0 Å². The number of aryl methyl sites for hydroxylation is 1. The number of aromatic nitrogens is 1. The van der Waals surface area contributed by atoms with Crippen molar-refractivity contribution < 1.29 is 14.1 Å². The molecule has 0 unspecified atom stereocenters. The Morgan fingerprint density at radius 2 is 2.00 bits per heavy atom. The van der Waals surface area contributed by atoms with Crippen molar-refractivity contribution in [2.45, 2.75) is 26.3 Å². The molecule has 5 heteroatoms. The minimum atomic E-state index is -0.0521. The van der Waals surface area contributed by atoms with Crippen LogP contribution in [0.4, 0.5) is 0 Å². The van der Waals surface area contributed by atoms with Gasteiger partial charge in [-0.15, -0.1) is 0 Å². The van der Waals surface area contributed by atoms with E-state index in [9.17, 15) is 4.79 Å². The summed E-state index contributed by atoms with van der Waals surface area (Å²) in [5, 5.41) is 3.98. The van der Waals surface area contributed by atoms with Crippen LogP contribution < -0.4 is 4.74 Å². The first-order valence-corrected chi connectivity index (χ1v) is 9.20. The Balaban J connectivity index is 1.53. The normalized spacial score (nSPS) is 12.5. The minimum absolute atomic E-state index is 0.0521. The van der Waals surface area contributed by atoms with Gasteiger partial charge in [0.15, 0.2) is 5.76 Å². The molecule has 0 N–H and O–H groups in total. The van der Waals surface area contributed by atoms with Gasteiger partial charge in [-0.05, 0) is 41.3 Å². The second-order valence-electron chi connectivity index (χ2n) is 6.80. The van der Waals surface area contributed by atoms with Gasteiger partial charge in [-0.1, -0.05) is 36.3 Å². The molecule has 0 spiro atoms. The zero-order valence-corrected chi connectivity index (χ0v) is 15.6. The minimum Gasteiger partial charge on any atom is -0.493 e. The first-order valence-electron chi connectivity index (χ1n) is 9.20. The molecule has 1 aliphatic rings. The predicted octanol–water partition coefficient (Wildman–Crippen LogP) is 4.11. The second kappa shape index (κ2) is 7.27. The number of amides is 1. The molecule has 1 aromatic heterocycles. The summed E-state index contributed by atoms with van der Waals surface area (Å²) in [4.78, 5) is 14.5. The first kappa shape index (κ1) is 17.3. The van der Waals surface area contributed by atoms with Crippen LogP contribution in [0.15, 0.2) is 53.1 Å². The smallest absolute Gasteiger partial charge is 0.254 e. The van der Waals surface area contributed by atoms with Crippen molar-refractivity contribution >= 4 is 5.91 Å². The quantitative estimate of drug-likeness (QED) is 0.685. The number of hydrogen-bond donors (Lipinski definition) is 0. The molecule has 0 radical (unpaired) electrons. The summed E-state index contributed by atoms with van der Waals surface area (Å²) in [5.74, 6) is 1.58. The van der Waals surface area contributed by atoms with Crippen molar-refractivity contribution in [2.24, 2.45) is 0 Å². The molecule has 3 aromatic rings. The van der Waals surface area contributed by atoms with Crippen LogP contribution >= 0.6 is 0 Å². The molecule has 0 atom stereocenters. The maximum atomic E-state index is 12.8. The average Bonchev–Trinajstić information content (AvgIpc) is 3.35. The predicted molar refractivity (Wildman–Crippen MR) is 103 cm³/mol. The number of fused-ring (bicyclic) bond motifs is 1. The summed E-state index contributed by atoms with van der Waals surface area (Å²) in [7, 11) is 1.77. The molecular weight excluding hydrogens is 340 g/mol. The van der Waals surface area contributed by atoms with Gasteiger partial charge in [-0.2, -0.15) is 0 Å². The van der Waals surface area contributed by atoms with Crippen LogP contribution in [0.1, 0.15) is 34.3 Å². The molecular formula is C22H22N2O3. The summed E-state index contributed by atoms with van der Waals surface area (Å²) in [6.07, 6.45) is 1.77. The third kappa shape index (κ3) is 3.58. The summed E-state index contributed by atoms with van der Waals surface area (Å²) in [6.45, 7) is 3.15. The molecule has 0 aliphatic carbocycles. The van der Waals surface area contributed by atoms with Crippen LogP contribution in [0.3, 0.4) is 0 Å². The summed E-state index contributed by atoms with van der Waals surface area (Å²) < 4.78 is 11.0. The van der Waals surface area contributed by atoms with Crippen molar-refractivity contribution in [1.82, 2.24) is 10.1 Å². The second-order valence-corrected chi connectivity index (χ2v) is 6.80. The molecule has 0 bridgehead atoms. The molecule has 2 aromatic carbocycles. The molecule has 0 saturated carbocycles. The summed E-state index contributed by atoms with van der Waals surface area (Å²) >= 11 is 0. The van der Waals surface area contributed by atoms with Crippen LogP contribution in [-0.4, -0.2) is 29.6 Å². The van der Waals surface area contributed by atoms with Gasteiger partial charge in [0.05, 0.1) is 18.8 Å². The van der Waals surface area contributed by atoms with E-state index in [1.807, 2.05) is 37.3 Å². The molecule has 2 heterocycles. The molecule has 0 fully saturated rings. The van der Waals surface area contributed by atoms with Gasteiger partial charge in [0.2, 0.25) is 0 Å². The average molecular weight is 362 g/mol. The maximum Gasteiger partial charge on any atom is 0.254 e. The van der Waals surface area contributed by atoms with E-state index in [4.69, 9.17) is 9.26 Å². The molecule has 138 valence electrons. The van der Waals surface area contributed by atoms with E-state index in [1.165, 1.54) is 5.56 Å². The topological polar surface area (TPSA) is 55.6 Å². The van der Waals surface area contributed by atoms with Crippen LogP contribution in [0.5, 0.6) is 5.75 Å². The van der Waals surface area contributed by atoms with E-state index in [1.54, 1.807) is 11.9 Å². The largest absolute Gasteiger partial charge is 0.493 e. The number of nitrogens with zero attached hydrogens (tertiary/aromatic N) is 2. The van der Waals surface area contributed by atoms with Gasteiger partial charge in [0.25, 0.3) is 5.91 Å². The number of benzene rings is 2. The van der Waals surface area contributed by atoms with Gasteiger partial charge in [0, 0.05) is 25.1 Å². The van der Waals surface area contributed by atoms with Crippen LogP contribution in [0, 0.1) is 0 Å². The van der Waals surface area contributed by atoms with Gasteiger partial charge in [-0.3, -0.25) is 4.79 Å². The standard InChI is InChI=1S/C22H22N2O3/c1-3-19-13-20(27-23-19)14-24(2)22(25)18-6-4-5-16(11-18)17-8-7-15-9-10-26-21(15)12-17/h4-8,11-13H,3,9-10,14H2,1-2H3. The molecule has 5 nitrogen and oxygen atoms in total. The van der Waals surface area contributed by atoms with Gasteiger partial charge in [-0.25, -0.2) is 0 Å². The lowest BCUT2D eigenvalue weighted by atomic mass is 10.0. The molecule has 4 rings (SSSR count). The fourth-order valence-electron chi connectivity index (χ4n) is 3.30. The van der Waals surface area contributed by atoms with Gasteiger partial charge < -0.3 is 14.2 Å². The Morgan fingerprint density at radius 3 is 2.81 bits per heavy atom. The van der Waals surface area contributed by atoms with Crippen molar-refractivity contribution in [3.05, 3.63) is 71.1 Å². The Bertz CT molecular complexity index is 977. The van der Waals surface area contributed by atoms with Crippen molar-refractivity contribution in [3.8, 4) is 16.9 Å². The lowest BCUT2D eigenvalue weighted by Gasteiger charge is -2.16. The molecule has 1 amide bonds. The number of rotatable bonds is 5. The Kier molecular flexibility index (Phi) is 4.67. The van der Waals surface area contributed by atoms with Crippen molar-refractivity contribution in [1.29, 1.82) is 0 Å². The fraction of sp³-hybridized carbons (Fsp3) is 0.273. The highest BCUT2D eigenvalue weighted by Crippen LogP contribution is 2.31. The number of hydrogen-bond acceptors (Lipinski definition) is 4. The SMILES string of the molecule is CCc1cc(CN(C)C(=O)c2cccc(-c3ccc4c(c3)OCC4)c2)on1. The van der Waals surface area contributed by atoms with Gasteiger partial charge >= 0.3 is 0 Å². The third-order valence-electron chi connectivity index (χ3n) is 4.85. The van der Waals surface area contributed by atoms with Crippen LogP contribution in [0.25, 0.3) is 11.1 Å². The lowest BCUT2D eigenvalue weighted by Crippen LogP contribution is -2.26. The summed E-state index contributed by atoms with van der Waals surface area (Å²) in [6, 6.07) is 15.8. The van der Waals surface area contributed by atoms with E-state index in [0.29, 0.717) is 17.9 Å². The fourth-order valence-corrected chi connectivity index (χ4v) is 3.30. The van der Waals surface area contributed by atoms with E-state index < -0.39 is 0 Å². The number of carbonyl (C=O) groups is 1. The first-order chi connectivity index (χ1) is 13.1. The lowest BCUT2D eigenvalue weighted by molar-refractivity contribution is 0.0772. The Morgan fingerprint density at radius 1 is 1.15 bits per heavy atom. The number of ether oxygens (including phenoxy) is 1. The Hall–Kier alpha value is -3.08. The number of carbonyl (C=O) groups excluding carboxylic acids is 1. The summed E-state index contributed by atoms with van der Waals surface area (Å²) in [5.41, 5.74) is 4.83. The highest BCUT2D eigenvalue weighted by atomic mass is 16.5. The Labute approximate surface area is 158 Å². The van der Waals surface area contributed by atoms with E-state index in [-0.39, 0.29) is 5.91 Å². The zero-order valence-electron chi connectivity index (χ0n) is 15.6. The highest BCUT2D eigenvalue weighted by Gasteiger charge is 2.16. The molecule has 1 aliphatic heterocycles. The third-order valence-corrected chi connectivity index (χ3v) is 4.85. The van der Waals surface area contributed by atoms with Crippen LogP contribution in [-0.2, 0) is 19.4 Å². The van der Waals surface area contributed by atoms with Crippen LogP contribution in [0.2, 0.25) is 0 Å². The molecule has 27 heavy (non-hydrogen) atoms. The van der Waals surface area contributed by atoms with E-state index in [2.05, 4.69) is 23.4 Å².